The predicted octanol–water partition coefficient (Wildman–Crippen LogP) is 5.98. The van der Waals surface area contributed by atoms with Crippen molar-refractivity contribution >= 4 is 32.9 Å². The Morgan fingerprint density at radius 2 is 1.21 bits per heavy atom. The van der Waals surface area contributed by atoms with Crippen molar-refractivity contribution in [2.45, 2.75) is 48.7 Å². The first-order chi connectivity index (χ1) is 23.5. The number of carbonyl (C=O) groups excluding carboxylic acids is 1. The van der Waals surface area contributed by atoms with Crippen molar-refractivity contribution in [2.24, 2.45) is 0 Å². The van der Waals surface area contributed by atoms with Crippen molar-refractivity contribution in [3.63, 3.8) is 0 Å². The molecular formula is C38H42NO7PSe. The second-order valence-electron chi connectivity index (χ2n) is 11.3. The van der Waals surface area contributed by atoms with Crippen LogP contribution in [0.15, 0.2) is 134 Å². The number of rotatable bonds is 17. The number of amides is 1. The minimum atomic E-state index is -3.81. The van der Waals surface area contributed by atoms with Crippen LogP contribution in [-0.2, 0) is 52.4 Å². The van der Waals surface area contributed by atoms with Crippen LogP contribution < -0.4 is 4.46 Å². The molecule has 0 aromatic heterocycles. The predicted molar refractivity (Wildman–Crippen MR) is 188 cm³/mol. The fourth-order valence-electron chi connectivity index (χ4n) is 5.89. The Labute approximate surface area is 289 Å². The van der Waals surface area contributed by atoms with Gasteiger partial charge in [-0.3, -0.25) is 0 Å². The molecule has 8 nitrogen and oxygen atoms in total. The average Bonchev–Trinajstić information content (AvgIpc) is 3.45. The minimum absolute atomic E-state index is 0.144. The summed E-state index contributed by atoms with van der Waals surface area (Å²) in [5, 5.41) is 0. The number of carbonyl (C=O) groups is 1. The molecule has 0 spiro atoms. The molecule has 1 saturated heterocycles. The summed E-state index contributed by atoms with van der Waals surface area (Å²) in [6.45, 7) is 4.85. The first kappa shape index (κ1) is 35.9. The van der Waals surface area contributed by atoms with E-state index in [-0.39, 0.29) is 25.7 Å². The molecule has 10 heteroatoms. The van der Waals surface area contributed by atoms with Crippen LogP contribution >= 0.6 is 7.60 Å². The zero-order chi connectivity index (χ0) is 33.8. The molecule has 1 fully saturated rings. The maximum absolute atomic E-state index is 14.6. The Hall–Kier alpha value is -3.36. The Morgan fingerprint density at radius 3 is 1.69 bits per heavy atom. The molecule has 1 unspecified atom stereocenters. The topological polar surface area (TPSA) is 83.5 Å². The molecule has 5 rings (SSSR count). The zero-order valence-electron chi connectivity index (χ0n) is 27.2. The molecule has 0 radical (unpaired) electrons. The van der Waals surface area contributed by atoms with Gasteiger partial charge in [0.15, 0.2) is 0 Å². The molecule has 4 aromatic rings. The zero-order valence-corrected chi connectivity index (χ0v) is 29.8. The van der Waals surface area contributed by atoms with Crippen LogP contribution in [0.5, 0.6) is 0 Å². The fraction of sp³-hybridized carbons (Fsp3) is 0.289. The van der Waals surface area contributed by atoms with Crippen molar-refractivity contribution < 1.29 is 32.6 Å². The number of hydrogen-bond acceptors (Lipinski definition) is 7. The van der Waals surface area contributed by atoms with E-state index in [2.05, 4.69) is 6.58 Å². The summed E-state index contributed by atoms with van der Waals surface area (Å²) in [5.74, 6) is -0.347. The molecule has 4 aromatic carbocycles. The third kappa shape index (κ3) is 9.00. The van der Waals surface area contributed by atoms with E-state index in [9.17, 15) is 9.36 Å². The maximum atomic E-state index is 14.6. The summed E-state index contributed by atoms with van der Waals surface area (Å²) in [6, 6.07) is 37.9. The second-order valence-corrected chi connectivity index (χ2v) is 17.0. The first-order valence-corrected chi connectivity index (χ1v) is 19.2. The number of hydrogen-bond donors (Lipinski definition) is 0. The molecule has 1 heterocycles. The molecule has 1 amide bonds. The molecule has 0 aliphatic carbocycles. The number of ether oxygens (including phenoxy) is 3. The van der Waals surface area contributed by atoms with Gasteiger partial charge in [0.2, 0.25) is 0 Å². The van der Waals surface area contributed by atoms with Gasteiger partial charge in [0.25, 0.3) is 0 Å². The Bertz CT molecular complexity index is 1610. The Balaban J connectivity index is 1.60. The van der Waals surface area contributed by atoms with Crippen LogP contribution in [0.2, 0.25) is 0 Å². The monoisotopic (exact) mass is 735 g/mol. The molecule has 5 atom stereocenters. The fourth-order valence-corrected chi connectivity index (χ4v) is 11.9. The van der Waals surface area contributed by atoms with Crippen LogP contribution in [0.25, 0.3) is 0 Å². The number of benzene rings is 4. The van der Waals surface area contributed by atoms with E-state index in [1.807, 2.05) is 121 Å². The van der Waals surface area contributed by atoms with Gasteiger partial charge in [-0.25, -0.2) is 0 Å². The van der Waals surface area contributed by atoms with Crippen molar-refractivity contribution in [1.29, 1.82) is 0 Å². The molecule has 1 aliphatic heterocycles. The van der Waals surface area contributed by atoms with Gasteiger partial charge in [0.1, 0.15) is 0 Å². The van der Waals surface area contributed by atoms with E-state index in [0.29, 0.717) is 6.61 Å². The van der Waals surface area contributed by atoms with Crippen LogP contribution in [0, 0.1) is 0 Å². The van der Waals surface area contributed by atoms with Crippen LogP contribution in [0.4, 0.5) is 0 Å². The second kappa shape index (κ2) is 17.9. The molecular weight excluding hydrogens is 692 g/mol. The van der Waals surface area contributed by atoms with E-state index in [1.165, 1.54) is 20.3 Å². The first-order valence-electron chi connectivity index (χ1n) is 15.8. The van der Waals surface area contributed by atoms with Gasteiger partial charge in [-0.1, -0.05) is 0 Å². The summed E-state index contributed by atoms with van der Waals surface area (Å²) < 4.78 is 46.1. The SMILES string of the molecule is C=CC(=O)N1[C@H](COCc2ccccc2)[C@@H](OCc2ccccc2)[C@H](OCc2ccccc2)[C@H]1C([Se]c1ccccc1)P(=O)(OC)OC. The van der Waals surface area contributed by atoms with Crippen molar-refractivity contribution in [2.75, 3.05) is 20.8 Å². The van der Waals surface area contributed by atoms with E-state index in [4.69, 9.17) is 23.3 Å². The third-order valence-corrected chi connectivity index (χ3v) is 14.6. The molecule has 0 N–H and O–H groups in total. The standard InChI is InChI=1S/C38H42NO7PSe/c1-4-34(40)39-33(28-44-25-29-17-9-5-10-18-29)36(45-26-30-19-11-6-12-20-30)37(46-27-31-21-13-7-14-22-31)35(39)38(47(41,42-2)43-3)48-32-23-15-8-16-24-32/h4-24,33,35-38H,1,25-28H2,2-3H3/t33-,35+,36-,37-,38?/m1/s1. The van der Waals surface area contributed by atoms with Gasteiger partial charge in [-0.2, -0.15) is 0 Å². The summed E-state index contributed by atoms with van der Waals surface area (Å²) in [4.78, 5) is 15.7. The number of likely N-dealkylation sites (tertiary alicyclic amines) is 1. The molecule has 0 saturated carbocycles. The summed E-state index contributed by atoms with van der Waals surface area (Å²) in [7, 11) is -1.04. The van der Waals surface area contributed by atoms with Crippen molar-refractivity contribution in [1.82, 2.24) is 4.90 Å². The van der Waals surface area contributed by atoms with Gasteiger partial charge < -0.3 is 0 Å². The number of nitrogens with zero attached hydrogens (tertiary/aromatic N) is 1. The van der Waals surface area contributed by atoms with Crippen LogP contribution in [0.3, 0.4) is 0 Å². The Kier molecular flexibility index (Phi) is 13.4. The van der Waals surface area contributed by atoms with E-state index < -0.39 is 51.4 Å². The van der Waals surface area contributed by atoms with Gasteiger partial charge >= 0.3 is 291 Å². The summed E-state index contributed by atoms with van der Waals surface area (Å²) >= 11 is -0.481. The van der Waals surface area contributed by atoms with Crippen LogP contribution in [-0.4, -0.2) is 75.4 Å². The van der Waals surface area contributed by atoms with Gasteiger partial charge in [0, 0.05) is 0 Å². The molecule has 0 bridgehead atoms. The molecule has 1 aliphatic rings. The van der Waals surface area contributed by atoms with E-state index in [0.717, 1.165) is 21.2 Å². The summed E-state index contributed by atoms with van der Waals surface area (Å²) in [5.41, 5.74) is 2.92. The average molecular weight is 735 g/mol. The Morgan fingerprint density at radius 1 is 0.750 bits per heavy atom. The van der Waals surface area contributed by atoms with Gasteiger partial charge in [-0.05, 0) is 0 Å². The van der Waals surface area contributed by atoms with E-state index >= 15 is 0 Å². The summed E-state index contributed by atoms with van der Waals surface area (Å²) in [6.07, 6.45) is -0.102. The third-order valence-electron chi connectivity index (χ3n) is 8.23. The van der Waals surface area contributed by atoms with E-state index in [1.54, 1.807) is 4.90 Å². The quantitative estimate of drug-likeness (QED) is 0.0751. The van der Waals surface area contributed by atoms with Crippen molar-refractivity contribution in [3.8, 4) is 0 Å². The van der Waals surface area contributed by atoms with Crippen LogP contribution in [0.1, 0.15) is 16.7 Å². The van der Waals surface area contributed by atoms with Gasteiger partial charge in [0.05, 0.1) is 0 Å². The normalized spacial score (nSPS) is 20.0. The van der Waals surface area contributed by atoms with Crippen molar-refractivity contribution in [3.05, 3.63) is 151 Å². The molecule has 48 heavy (non-hydrogen) atoms. The molecule has 252 valence electrons. The van der Waals surface area contributed by atoms with Gasteiger partial charge in [-0.15, -0.1) is 0 Å².